The zero-order chi connectivity index (χ0) is 19.5. The molecule has 3 N–H and O–H groups in total. The Morgan fingerprint density at radius 2 is 1.81 bits per heavy atom. The van der Waals surface area contributed by atoms with E-state index in [0.29, 0.717) is 12.1 Å². The van der Waals surface area contributed by atoms with Gasteiger partial charge in [0, 0.05) is 6.07 Å². The highest BCUT2D eigenvalue weighted by Crippen LogP contribution is 2.28. The van der Waals surface area contributed by atoms with Crippen molar-refractivity contribution in [2.45, 2.75) is 19.4 Å². The predicted octanol–water partition coefficient (Wildman–Crippen LogP) is 3.42. The van der Waals surface area contributed by atoms with Crippen molar-refractivity contribution in [1.82, 2.24) is 5.48 Å². The van der Waals surface area contributed by atoms with E-state index in [0.717, 1.165) is 18.2 Å². The molecule has 9 heteroatoms. The number of aliphatic hydroxyl groups is 1. The van der Waals surface area contributed by atoms with Gasteiger partial charge in [0.05, 0.1) is 22.5 Å². The van der Waals surface area contributed by atoms with Crippen LogP contribution in [0.15, 0.2) is 30.3 Å². The Hall–Kier alpha value is -2.65. The molecule has 0 heterocycles. The fraction of sp³-hybridized carbons (Fsp3) is 0.235. The minimum atomic E-state index is -1.43. The number of hydroxylamine groups is 1. The first-order chi connectivity index (χ1) is 12.1. The topological polar surface area (TPSA) is 70.6 Å². The molecule has 0 radical (unpaired) electrons. The number of hydrogen-bond acceptors (Lipinski definition) is 4. The second-order valence-corrected chi connectivity index (χ2v) is 6.07. The third kappa shape index (κ3) is 4.93. The number of carbonyl (C=O) groups excluding carboxylic acids is 1. The number of rotatable bonds is 6. The van der Waals surface area contributed by atoms with E-state index in [1.807, 2.05) is 5.48 Å². The van der Waals surface area contributed by atoms with Crippen molar-refractivity contribution in [3.8, 4) is 0 Å². The van der Waals surface area contributed by atoms with Crippen LogP contribution in [0.1, 0.15) is 24.2 Å². The molecule has 0 fully saturated rings. The van der Waals surface area contributed by atoms with Gasteiger partial charge >= 0.3 is 0 Å². The second-order valence-electron chi connectivity index (χ2n) is 6.07. The predicted molar refractivity (Wildman–Crippen MR) is 85.7 cm³/mol. The standard InChI is InChI=1S/C17H16F4N2O3/c1-17(2,25)8-26-23-16(24)10-4-5-11(19)14(21)15(10)22-13-6-3-9(18)7-12(13)20/h3-7,22,25H,8H2,1-2H3,(H,23,24). The van der Waals surface area contributed by atoms with E-state index in [9.17, 15) is 27.5 Å². The van der Waals surface area contributed by atoms with E-state index >= 15 is 0 Å². The van der Waals surface area contributed by atoms with E-state index < -0.39 is 40.5 Å². The van der Waals surface area contributed by atoms with Gasteiger partial charge in [0.25, 0.3) is 5.91 Å². The molecule has 1 amide bonds. The number of halogens is 4. The SMILES string of the molecule is CC(C)(O)CONC(=O)c1ccc(F)c(F)c1Nc1ccc(F)cc1F. The Balaban J connectivity index is 2.30. The number of nitrogens with one attached hydrogen (secondary N) is 2. The molecule has 0 unspecified atom stereocenters. The quantitative estimate of drug-likeness (QED) is 0.537. The van der Waals surface area contributed by atoms with Crippen LogP contribution in [0, 0.1) is 23.3 Å². The monoisotopic (exact) mass is 372 g/mol. The van der Waals surface area contributed by atoms with Crippen molar-refractivity contribution >= 4 is 17.3 Å². The molecule has 0 aliphatic carbocycles. The molecular weight excluding hydrogens is 356 g/mol. The maximum atomic E-state index is 14.1. The molecule has 0 aliphatic heterocycles. The van der Waals surface area contributed by atoms with Gasteiger partial charge in [0.15, 0.2) is 11.6 Å². The molecule has 2 aromatic carbocycles. The van der Waals surface area contributed by atoms with E-state index in [1.165, 1.54) is 13.8 Å². The number of carbonyl (C=O) groups is 1. The zero-order valence-corrected chi connectivity index (χ0v) is 13.9. The molecule has 0 spiro atoms. The Kier molecular flexibility index (Phi) is 5.83. The Labute approximate surface area is 146 Å². The van der Waals surface area contributed by atoms with Crippen LogP contribution in [-0.2, 0) is 4.84 Å². The van der Waals surface area contributed by atoms with Crippen LogP contribution in [0.3, 0.4) is 0 Å². The van der Waals surface area contributed by atoms with Crippen molar-refractivity contribution in [2.75, 3.05) is 11.9 Å². The summed E-state index contributed by atoms with van der Waals surface area (Å²) >= 11 is 0. The van der Waals surface area contributed by atoms with Crippen molar-refractivity contribution in [2.24, 2.45) is 0 Å². The molecule has 0 aliphatic rings. The number of amides is 1. The fourth-order valence-electron chi connectivity index (χ4n) is 1.92. The van der Waals surface area contributed by atoms with E-state index in [2.05, 4.69) is 5.32 Å². The maximum Gasteiger partial charge on any atom is 0.277 e. The van der Waals surface area contributed by atoms with Crippen molar-refractivity contribution < 1.29 is 32.3 Å². The average molecular weight is 372 g/mol. The number of hydrogen-bond donors (Lipinski definition) is 3. The van der Waals surface area contributed by atoms with E-state index in [1.54, 1.807) is 0 Å². The van der Waals surface area contributed by atoms with Crippen LogP contribution in [0.5, 0.6) is 0 Å². The lowest BCUT2D eigenvalue weighted by Crippen LogP contribution is -2.33. The molecule has 0 atom stereocenters. The van der Waals surface area contributed by atoms with Gasteiger partial charge in [-0.1, -0.05) is 0 Å². The summed E-state index contributed by atoms with van der Waals surface area (Å²) in [6.45, 7) is 2.60. The lowest BCUT2D eigenvalue weighted by molar-refractivity contribution is -0.0522. The molecule has 2 aromatic rings. The molecule has 2 rings (SSSR count). The van der Waals surface area contributed by atoms with Gasteiger partial charge < -0.3 is 10.4 Å². The smallest absolute Gasteiger partial charge is 0.277 e. The van der Waals surface area contributed by atoms with Crippen LogP contribution in [0.25, 0.3) is 0 Å². The van der Waals surface area contributed by atoms with Gasteiger partial charge in [-0.05, 0) is 38.1 Å². The highest BCUT2D eigenvalue weighted by atomic mass is 19.2. The highest BCUT2D eigenvalue weighted by molar-refractivity contribution is 5.99. The summed E-state index contributed by atoms with van der Waals surface area (Å²) in [6, 6.07) is 4.11. The van der Waals surface area contributed by atoms with Crippen LogP contribution in [0.4, 0.5) is 28.9 Å². The lowest BCUT2D eigenvalue weighted by atomic mass is 10.1. The van der Waals surface area contributed by atoms with Gasteiger partial charge in [-0.15, -0.1) is 0 Å². The summed E-state index contributed by atoms with van der Waals surface area (Å²) in [4.78, 5) is 17.0. The van der Waals surface area contributed by atoms with Crippen molar-refractivity contribution in [3.63, 3.8) is 0 Å². The van der Waals surface area contributed by atoms with Gasteiger partial charge in [0.1, 0.15) is 18.2 Å². The van der Waals surface area contributed by atoms with Gasteiger partial charge in [-0.25, -0.2) is 23.0 Å². The summed E-state index contributed by atoms with van der Waals surface area (Å²) < 4.78 is 54.4. The lowest BCUT2D eigenvalue weighted by Gasteiger charge is -2.18. The Morgan fingerprint density at radius 1 is 1.12 bits per heavy atom. The first-order valence-corrected chi connectivity index (χ1v) is 7.43. The molecule has 0 saturated carbocycles. The largest absolute Gasteiger partial charge is 0.388 e. The fourth-order valence-corrected chi connectivity index (χ4v) is 1.92. The molecular formula is C17H16F4N2O3. The molecule has 5 nitrogen and oxygen atoms in total. The minimum absolute atomic E-state index is 0.266. The first-order valence-electron chi connectivity index (χ1n) is 7.43. The molecule has 140 valence electrons. The third-order valence-corrected chi connectivity index (χ3v) is 3.12. The van der Waals surface area contributed by atoms with E-state index in [4.69, 9.17) is 4.84 Å². The normalized spacial score (nSPS) is 11.3. The van der Waals surface area contributed by atoms with Crippen molar-refractivity contribution in [3.05, 3.63) is 59.2 Å². The van der Waals surface area contributed by atoms with Crippen LogP contribution < -0.4 is 10.8 Å². The number of anilines is 2. The van der Waals surface area contributed by atoms with Crippen molar-refractivity contribution in [1.29, 1.82) is 0 Å². The van der Waals surface area contributed by atoms with E-state index in [-0.39, 0.29) is 17.9 Å². The summed E-state index contributed by atoms with van der Waals surface area (Å²) in [5, 5.41) is 11.8. The molecule has 0 saturated heterocycles. The zero-order valence-electron chi connectivity index (χ0n) is 13.9. The summed E-state index contributed by atoms with van der Waals surface area (Å²) in [6.07, 6.45) is 0. The molecule has 0 aromatic heterocycles. The maximum absolute atomic E-state index is 14.1. The average Bonchev–Trinajstić information content (AvgIpc) is 2.52. The summed E-state index contributed by atoms with van der Waals surface area (Å²) in [5.74, 6) is -5.57. The Bertz CT molecular complexity index is 822. The second kappa shape index (κ2) is 7.71. The van der Waals surface area contributed by atoms with Gasteiger partial charge in [-0.3, -0.25) is 9.63 Å². The highest BCUT2D eigenvalue weighted by Gasteiger charge is 2.21. The van der Waals surface area contributed by atoms with Crippen LogP contribution >= 0.6 is 0 Å². The molecule has 0 bridgehead atoms. The van der Waals surface area contributed by atoms with Gasteiger partial charge in [0.2, 0.25) is 0 Å². The van der Waals surface area contributed by atoms with Crippen LogP contribution in [0.2, 0.25) is 0 Å². The minimum Gasteiger partial charge on any atom is -0.388 e. The first kappa shape index (κ1) is 19.7. The molecule has 26 heavy (non-hydrogen) atoms. The Morgan fingerprint density at radius 3 is 2.42 bits per heavy atom. The number of benzene rings is 2. The van der Waals surface area contributed by atoms with Gasteiger partial charge in [-0.2, -0.15) is 0 Å². The van der Waals surface area contributed by atoms with Crippen LogP contribution in [-0.4, -0.2) is 23.2 Å². The summed E-state index contributed by atoms with van der Waals surface area (Å²) in [7, 11) is 0. The third-order valence-electron chi connectivity index (χ3n) is 3.12. The summed E-state index contributed by atoms with van der Waals surface area (Å²) in [5.41, 5.74) is -0.664.